The number of carbonyl (C=O) groups is 1. The van der Waals surface area contributed by atoms with Gasteiger partial charge in [0.15, 0.2) is 5.71 Å². The number of thiophene rings is 1. The third-order valence-corrected chi connectivity index (χ3v) is 7.60. The molecule has 1 aliphatic heterocycles. The first-order valence-corrected chi connectivity index (χ1v) is 13.1. The van der Waals surface area contributed by atoms with Crippen LogP contribution in [0, 0.1) is 5.92 Å². The van der Waals surface area contributed by atoms with Crippen LogP contribution in [0.1, 0.15) is 19.4 Å². The number of hydrogen-bond acceptors (Lipinski definition) is 5. The molecule has 0 saturated heterocycles. The average molecular weight is 538 g/mol. The fourth-order valence-corrected chi connectivity index (χ4v) is 6.02. The number of rotatable bonds is 5. The number of anilines is 1. The Morgan fingerprint density at radius 2 is 1.76 bits per heavy atom. The second-order valence-corrected chi connectivity index (χ2v) is 11.3. The minimum Gasteiger partial charge on any atom is -0.306 e. The summed E-state index contributed by atoms with van der Waals surface area (Å²) in [4.78, 5) is 21.9. The van der Waals surface area contributed by atoms with Gasteiger partial charge in [0.25, 0.3) is 5.91 Å². The summed E-state index contributed by atoms with van der Waals surface area (Å²) in [5.41, 5.74) is 3.95. The number of halogens is 1. The lowest BCUT2D eigenvalue weighted by atomic mass is 10.1. The number of carbonyl (C=O) groups excluding carboxylic acids is 1. The van der Waals surface area contributed by atoms with Crippen LogP contribution in [0.5, 0.6) is 0 Å². The highest BCUT2D eigenvalue weighted by atomic mass is 79.9. The highest BCUT2D eigenvalue weighted by Gasteiger charge is 2.34. The van der Waals surface area contributed by atoms with Gasteiger partial charge in [-0.25, -0.2) is 9.67 Å². The van der Waals surface area contributed by atoms with Gasteiger partial charge < -0.3 is 4.90 Å². The molecular weight excluding hydrogens is 516 g/mol. The van der Waals surface area contributed by atoms with Crippen LogP contribution in [0.15, 0.2) is 86.0 Å². The average Bonchev–Trinajstić information content (AvgIpc) is 3.48. The van der Waals surface area contributed by atoms with E-state index in [4.69, 9.17) is 10.1 Å². The van der Waals surface area contributed by atoms with Gasteiger partial charge in [0.1, 0.15) is 0 Å². The van der Waals surface area contributed by atoms with Crippen molar-refractivity contribution in [2.24, 2.45) is 16.0 Å². The normalized spacial score (nSPS) is 15.2. The van der Waals surface area contributed by atoms with E-state index < -0.39 is 0 Å². The van der Waals surface area contributed by atoms with E-state index in [0.717, 1.165) is 31.3 Å². The molecule has 8 heteroatoms. The number of hydrogen-bond donors (Lipinski definition) is 0. The summed E-state index contributed by atoms with van der Waals surface area (Å²) < 4.78 is 2.84. The number of fused-ring (bicyclic) bond motifs is 1. The van der Waals surface area contributed by atoms with E-state index in [2.05, 4.69) is 35.8 Å². The zero-order valence-electron chi connectivity index (χ0n) is 18.1. The van der Waals surface area contributed by atoms with E-state index in [1.807, 2.05) is 70.9 Å². The van der Waals surface area contributed by atoms with Crippen LogP contribution in [0.3, 0.4) is 0 Å². The molecule has 0 unspecified atom stereocenters. The van der Waals surface area contributed by atoms with Gasteiger partial charge in [-0.05, 0) is 52.2 Å². The Balaban J connectivity index is 1.71. The minimum atomic E-state index is -0.0763. The van der Waals surface area contributed by atoms with Crippen molar-refractivity contribution in [1.82, 2.24) is 4.68 Å². The van der Waals surface area contributed by atoms with Crippen molar-refractivity contribution in [2.45, 2.75) is 13.8 Å². The highest BCUT2D eigenvalue weighted by Crippen LogP contribution is 2.33. The van der Waals surface area contributed by atoms with Gasteiger partial charge >= 0.3 is 0 Å². The molecule has 3 heterocycles. The molecule has 0 radical (unpaired) electrons. The molecule has 1 aliphatic rings. The van der Waals surface area contributed by atoms with E-state index in [1.165, 1.54) is 11.3 Å². The first kappa shape index (κ1) is 22.0. The summed E-state index contributed by atoms with van der Waals surface area (Å²) >= 11 is 6.69. The smallest absolute Gasteiger partial charge is 0.279 e. The van der Waals surface area contributed by atoms with Crippen LogP contribution in [0.4, 0.5) is 11.4 Å². The van der Waals surface area contributed by atoms with Gasteiger partial charge in [-0.15, -0.1) is 22.7 Å². The Kier molecular flexibility index (Phi) is 6.14. The topological polar surface area (TPSA) is 50.0 Å². The van der Waals surface area contributed by atoms with E-state index in [1.54, 1.807) is 16.0 Å². The summed E-state index contributed by atoms with van der Waals surface area (Å²) in [5.74, 6) is 0.269. The maximum atomic E-state index is 13.5. The maximum Gasteiger partial charge on any atom is 0.279 e. The number of benzene rings is 2. The molecule has 0 saturated carbocycles. The second kappa shape index (κ2) is 9.21. The number of amides is 1. The Morgan fingerprint density at radius 1 is 1.00 bits per heavy atom. The molecule has 166 valence electrons. The molecule has 0 bridgehead atoms. The highest BCUT2D eigenvalue weighted by molar-refractivity contribution is 9.11. The van der Waals surface area contributed by atoms with Crippen LogP contribution < -0.4 is 9.70 Å². The first-order valence-electron chi connectivity index (χ1n) is 10.6. The summed E-state index contributed by atoms with van der Waals surface area (Å²) in [5, 5.41) is 6.97. The standard InChI is InChI=1S/C25H21BrN4OS2/c1-16(2)14-29-19-11-7-6-10-18(19)23(24(29)31)28-30-20(21-12-13-22(26)33-21)15-32-25(30)27-17-8-4-3-5-9-17/h3-13,15-16H,14H2,1-2H3/b27-25?,28-23+. The van der Waals surface area contributed by atoms with Crippen LogP contribution in [-0.4, -0.2) is 22.8 Å². The monoisotopic (exact) mass is 536 g/mol. The third-order valence-electron chi connectivity index (χ3n) is 5.14. The van der Waals surface area contributed by atoms with Crippen LogP contribution in [-0.2, 0) is 4.79 Å². The predicted octanol–water partition coefficient (Wildman–Crippen LogP) is 6.53. The van der Waals surface area contributed by atoms with E-state index in [9.17, 15) is 4.79 Å². The molecule has 2 aromatic heterocycles. The second-order valence-electron chi connectivity index (χ2n) is 8.04. The lowest BCUT2D eigenvalue weighted by Crippen LogP contribution is -2.33. The predicted molar refractivity (Wildman–Crippen MR) is 141 cm³/mol. The van der Waals surface area contributed by atoms with Gasteiger partial charge in [-0.2, -0.15) is 5.10 Å². The lowest BCUT2D eigenvalue weighted by molar-refractivity contribution is -0.112. The summed E-state index contributed by atoms with van der Waals surface area (Å²) in [6, 6.07) is 21.7. The molecule has 0 atom stereocenters. The van der Waals surface area contributed by atoms with Crippen molar-refractivity contribution in [1.29, 1.82) is 0 Å². The van der Waals surface area contributed by atoms with Crippen LogP contribution in [0.25, 0.3) is 10.6 Å². The molecule has 5 rings (SSSR count). The van der Waals surface area contributed by atoms with Crippen molar-refractivity contribution in [2.75, 3.05) is 11.4 Å². The number of thiazole rings is 1. The SMILES string of the molecule is CC(C)CN1C(=O)/C(=N/n2c(-c3ccc(Br)s3)csc2=Nc2ccccc2)c2ccccc21. The van der Waals surface area contributed by atoms with Gasteiger partial charge in [-0.3, -0.25) is 4.79 Å². The molecule has 33 heavy (non-hydrogen) atoms. The largest absolute Gasteiger partial charge is 0.306 e. The van der Waals surface area contributed by atoms with Crippen molar-refractivity contribution >= 4 is 61.6 Å². The zero-order chi connectivity index (χ0) is 22.9. The molecule has 1 amide bonds. The fourth-order valence-electron chi connectivity index (χ4n) is 3.71. The molecular formula is C25H21BrN4OS2. The molecule has 2 aromatic carbocycles. The quantitative estimate of drug-likeness (QED) is 0.286. The summed E-state index contributed by atoms with van der Waals surface area (Å²) in [7, 11) is 0. The minimum absolute atomic E-state index is 0.0763. The Labute approximate surface area is 208 Å². The number of para-hydroxylation sites is 2. The first-order chi connectivity index (χ1) is 16.0. The zero-order valence-corrected chi connectivity index (χ0v) is 21.3. The Bertz CT molecular complexity index is 1420. The summed E-state index contributed by atoms with van der Waals surface area (Å²) in [6.45, 7) is 4.87. The van der Waals surface area contributed by atoms with Gasteiger partial charge in [0, 0.05) is 17.5 Å². The third kappa shape index (κ3) is 4.38. The van der Waals surface area contributed by atoms with Crippen molar-refractivity contribution in [3.63, 3.8) is 0 Å². The molecule has 0 spiro atoms. The molecule has 5 nitrogen and oxygen atoms in total. The molecule has 0 aliphatic carbocycles. The van der Waals surface area contributed by atoms with E-state index in [0.29, 0.717) is 23.0 Å². The Hall–Kier alpha value is -2.81. The van der Waals surface area contributed by atoms with Crippen molar-refractivity contribution < 1.29 is 4.79 Å². The van der Waals surface area contributed by atoms with Gasteiger partial charge in [0.2, 0.25) is 4.80 Å². The Morgan fingerprint density at radius 3 is 2.48 bits per heavy atom. The molecule has 4 aromatic rings. The van der Waals surface area contributed by atoms with E-state index >= 15 is 0 Å². The van der Waals surface area contributed by atoms with E-state index in [-0.39, 0.29) is 5.91 Å². The van der Waals surface area contributed by atoms with Crippen LogP contribution in [0.2, 0.25) is 0 Å². The van der Waals surface area contributed by atoms with Gasteiger partial charge in [0.05, 0.1) is 25.7 Å². The maximum absolute atomic E-state index is 13.5. The number of nitrogens with zero attached hydrogens (tertiary/aromatic N) is 4. The van der Waals surface area contributed by atoms with Gasteiger partial charge in [-0.1, -0.05) is 50.2 Å². The molecule has 0 N–H and O–H groups in total. The number of aromatic nitrogens is 1. The molecule has 0 fully saturated rings. The lowest BCUT2D eigenvalue weighted by Gasteiger charge is -2.18. The fraction of sp³-hybridized carbons (Fsp3) is 0.160. The van der Waals surface area contributed by atoms with Crippen molar-refractivity contribution in [3.05, 3.63) is 86.3 Å². The van der Waals surface area contributed by atoms with Crippen LogP contribution >= 0.6 is 38.6 Å². The summed E-state index contributed by atoms with van der Waals surface area (Å²) in [6.07, 6.45) is 0. The van der Waals surface area contributed by atoms with Crippen molar-refractivity contribution in [3.8, 4) is 10.6 Å².